The Bertz CT molecular complexity index is 233. The molecule has 0 heterocycles. The lowest BCUT2D eigenvalue weighted by Gasteiger charge is -2.27. The number of rotatable bonds is 4. The van der Waals surface area contributed by atoms with Crippen LogP contribution in [-0.2, 0) is 14.3 Å². The zero-order valence-corrected chi connectivity index (χ0v) is 12.1. The molecule has 0 radical (unpaired) electrons. The van der Waals surface area contributed by atoms with Gasteiger partial charge in [0.2, 0.25) is 0 Å². The van der Waals surface area contributed by atoms with E-state index in [2.05, 4.69) is 6.26 Å². The van der Waals surface area contributed by atoms with Gasteiger partial charge in [-0.3, -0.25) is 9.59 Å². The van der Waals surface area contributed by atoms with Gasteiger partial charge in [-0.05, 0) is 38.9 Å². The first kappa shape index (κ1) is 16.5. The van der Waals surface area contributed by atoms with Crippen molar-refractivity contribution < 1.29 is 14.3 Å². The van der Waals surface area contributed by atoms with Gasteiger partial charge in [-0.2, -0.15) is 11.8 Å². The minimum atomic E-state index is -0.366. The van der Waals surface area contributed by atoms with Gasteiger partial charge >= 0.3 is 5.97 Å². The summed E-state index contributed by atoms with van der Waals surface area (Å²) >= 11 is 1.88. The molecule has 0 amide bonds. The largest absolute Gasteiger partial charge is 0.462 e. The van der Waals surface area contributed by atoms with E-state index in [4.69, 9.17) is 4.74 Å². The maximum Gasteiger partial charge on any atom is 0.313 e. The van der Waals surface area contributed by atoms with E-state index in [9.17, 15) is 9.59 Å². The number of esters is 1. The molecule has 4 heteroatoms. The molecule has 0 aromatic heterocycles. The number of carbonyl (C=O) groups excluding carboxylic acids is 2. The van der Waals surface area contributed by atoms with Crippen LogP contribution in [0.2, 0.25) is 0 Å². The van der Waals surface area contributed by atoms with Gasteiger partial charge in [0.25, 0.3) is 0 Å². The summed E-state index contributed by atoms with van der Waals surface area (Å²) in [6.07, 6.45) is 6.18. The van der Waals surface area contributed by atoms with Gasteiger partial charge in [-0.15, -0.1) is 0 Å². The van der Waals surface area contributed by atoms with Gasteiger partial charge in [0.05, 0.1) is 0 Å². The van der Waals surface area contributed by atoms with Crippen molar-refractivity contribution in [3.05, 3.63) is 0 Å². The molecule has 1 aliphatic rings. The van der Waals surface area contributed by atoms with E-state index in [0.29, 0.717) is 5.25 Å². The molecule has 0 aromatic carbocycles. The van der Waals surface area contributed by atoms with E-state index in [1.165, 1.54) is 6.92 Å². The highest BCUT2D eigenvalue weighted by Crippen LogP contribution is 2.28. The van der Waals surface area contributed by atoms with Crippen molar-refractivity contribution in [2.45, 2.75) is 64.2 Å². The Morgan fingerprint density at radius 2 is 1.71 bits per heavy atom. The van der Waals surface area contributed by atoms with Crippen LogP contribution in [0.3, 0.4) is 0 Å². The summed E-state index contributed by atoms with van der Waals surface area (Å²) in [5.74, 6) is -0.493. The molecular weight excluding hydrogens is 236 g/mol. The quantitative estimate of drug-likeness (QED) is 0.575. The normalized spacial score (nSPS) is 23.3. The first-order valence-electron chi connectivity index (χ1n) is 6.33. The topological polar surface area (TPSA) is 43.4 Å². The molecule has 0 unspecified atom stereocenters. The second-order valence-electron chi connectivity index (χ2n) is 4.00. The first-order valence-corrected chi connectivity index (χ1v) is 7.62. The zero-order valence-electron chi connectivity index (χ0n) is 11.3. The lowest BCUT2D eigenvalue weighted by Crippen LogP contribution is -2.26. The number of ether oxygens (including phenoxy) is 1. The molecule has 0 aromatic rings. The van der Waals surface area contributed by atoms with Crippen molar-refractivity contribution in [3.63, 3.8) is 0 Å². The highest BCUT2D eigenvalue weighted by molar-refractivity contribution is 7.99. The Kier molecular flexibility index (Phi) is 9.23. The standard InChI is InChI=1S/C11H18O3S.C2H6/c1-8(12)7-11(13)14-9-3-5-10(15-2)6-4-9;1-2/h9-10H,3-7H2,1-2H3;1-2H3. The van der Waals surface area contributed by atoms with Crippen molar-refractivity contribution in [2.75, 3.05) is 6.26 Å². The molecule has 1 saturated carbocycles. The molecule has 1 fully saturated rings. The van der Waals surface area contributed by atoms with Gasteiger partial charge < -0.3 is 4.74 Å². The van der Waals surface area contributed by atoms with E-state index in [-0.39, 0.29) is 24.3 Å². The van der Waals surface area contributed by atoms with Crippen molar-refractivity contribution in [1.82, 2.24) is 0 Å². The molecular formula is C13H24O3S. The predicted octanol–water partition coefficient (Wildman–Crippen LogP) is 3.21. The van der Waals surface area contributed by atoms with Crippen molar-refractivity contribution >= 4 is 23.5 Å². The predicted molar refractivity (Wildman–Crippen MR) is 72.3 cm³/mol. The lowest BCUT2D eigenvalue weighted by molar-refractivity contribution is -0.151. The van der Waals surface area contributed by atoms with Crippen LogP contribution in [0.15, 0.2) is 0 Å². The minimum Gasteiger partial charge on any atom is -0.462 e. The third kappa shape index (κ3) is 7.42. The van der Waals surface area contributed by atoms with Crippen LogP contribution < -0.4 is 0 Å². The fourth-order valence-electron chi connectivity index (χ4n) is 1.82. The van der Waals surface area contributed by atoms with E-state index >= 15 is 0 Å². The maximum absolute atomic E-state index is 11.2. The summed E-state index contributed by atoms with van der Waals surface area (Å²) in [4.78, 5) is 21.9. The van der Waals surface area contributed by atoms with Crippen LogP contribution in [0.5, 0.6) is 0 Å². The van der Waals surface area contributed by atoms with E-state index in [0.717, 1.165) is 25.7 Å². The summed E-state index contributed by atoms with van der Waals surface area (Å²) in [6, 6.07) is 0. The van der Waals surface area contributed by atoms with E-state index in [1.54, 1.807) is 0 Å². The molecule has 0 atom stereocenters. The Morgan fingerprint density at radius 1 is 1.18 bits per heavy atom. The average Bonchev–Trinajstić information content (AvgIpc) is 2.31. The van der Waals surface area contributed by atoms with Crippen LogP contribution in [0.25, 0.3) is 0 Å². The highest BCUT2D eigenvalue weighted by atomic mass is 32.2. The average molecular weight is 260 g/mol. The molecule has 0 aliphatic heterocycles. The summed E-state index contributed by atoms with van der Waals surface area (Å²) in [6.45, 7) is 5.41. The SMILES string of the molecule is CC.CSC1CCC(OC(=O)CC(C)=O)CC1. The second kappa shape index (κ2) is 9.51. The van der Waals surface area contributed by atoms with Gasteiger partial charge in [0.15, 0.2) is 0 Å². The lowest BCUT2D eigenvalue weighted by atomic mass is 9.97. The molecule has 1 aliphatic carbocycles. The van der Waals surface area contributed by atoms with Crippen LogP contribution in [0.4, 0.5) is 0 Å². The van der Waals surface area contributed by atoms with E-state index < -0.39 is 0 Å². The number of Topliss-reactive ketones (excluding diaryl/α,β-unsaturated/α-hetero) is 1. The molecule has 0 spiro atoms. The van der Waals surface area contributed by atoms with Crippen molar-refractivity contribution in [1.29, 1.82) is 0 Å². The summed E-state index contributed by atoms with van der Waals surface area (Å²) in [5, 5.41) is 0.716. The van der Waals surface area contributed by atoms with Crippen LogP contribution >= 0.6 is 11.8 Å². The van der Waals surface area contributed by atoms with Crippen LogP contribution in [0.1, 0.15) is 52.9 Å². The number of thioether (sulfide) groups is 1. The number of carbonyl (C=O) groups is 2. The third-order valence-electron chi connectivity index (χ3n) is 2.65. The van der Waals surface area contributed by atoms with Gasteiger partial charge in [-0.25, -0.2) is 0 Å². The molecule has 17 heavy (non-hydrogen) atoms. The highest BCUT2D eigenvalue weighted by Gasteiger charge is 2.23. The Balaban J connectivity index is 0.00000121. The molecule has 0 saturated heterocycles. The van der Waals surface area contributed by atoms with Crippen molar-refractivity contribution in [3.8, 4) is 0 Å². The van der Waals surface area contributed by atoms with Gasteiger partial charge in [0.1, 0.15) is 18.3 Å². The fourth-order valence-corrected chi connectivity index (χ4v) is 2.56. The molecule has 0 bridgehead atoms. The molecule has 3 nitrogen and oxygen atoms in total. The third-order valence-corrected chi connectivity index (χ3v) is 3.78. The monoisotopic (exact) mass is 260 g/mol. The van der Waals surface area contributed by atoms with Crippen molar-refractivity contribution in [2.24, 2.45) is 0 Å². The first-order chi connectivity index (χ1) is 8.11. The zero-order chi connectivity index (χ0) is 13.3. The summed E-state index contributed by atoms with van der Waals surface area (Å²) in [5.41, 5.74) is 0. The molecule has 100 valence electrons. The number of hydrogen-bond acceptors (Lipinski definition) is 4. The number of hydrogen-bond donors (Lipinski definition) is 0. The van der Waals surface area contributed by atoms with Crippen LogP contribution in [0, 0.1) is 0 Å². The summed E-state index contributed by atoms with van der Waals surface area (Å²) in [7, 11) is 0. The fraction of sp³-hybridized carbons (Fsp3) is 0.846. The molecule has 1 rings (SSSR count). The maximum atomic E-state index is 11.2. The Labute approximate surface area is 109 Å². The summed E-state index contributed by atoms with van der Waals surface area (Å²) < 4.78 is 5.23. The Morgan fingerprint density at radius 3 is 2.12 bits per heavy atom. The van der Waals surface area contributed by atoms with Gasteiger partial charge in [0, 0.05) is 5.25 Å². The van der Waals surface area contributed by atoms with Crippen LogP contribution in [-0.4, -0.2) is 29.4 Å². The minimum absolute atomic E-state index is 0.0419. The molecule has 0 N–H and O–H groups in total. The Hall–Kier alpha value is -0.510. The number of ketones is 1. The second-order valence-corrected chi connectivity index (χ2v) is 5.14. The smallest absolute Gasteiger partial charge is 0.313 e. The van der Waals surface area contributed by atoms with Gasteiger partial charge in [-0.1, -0.05) is 13.8 Å². The van der Waals surface area contributed by atoms with E-state index in [1.807, 2.05) is 25.6 Å².